The van der Waals surface area contributed by atoms with Gasteiger partial charge in [-0.2, -0.15) is 4.31 Å². The Morgan fingerprint density at radius 2 is 1.88 bits per heavy atom. The number of sulfonamides is 2. The first-order valence-corrected chi connectivity index (χ1v) is 17.0. The zero-order valence-corrected chi connectivity index (χ0v) is 26.2. The van der Waals surface area contributed by atoms with E-state index in [0.717, 1.165) is 11.3 Å². The van der Waals surface area contributed by atoms with Gasteiger partial charge in [0.15, 0.2) is 0 Å². The Hall–Kier alpha value is -3.17. The van der Waals surface area contributed by atoms with E-state index in [4.69, 9.17) is 9.47 Å². The van der Waals surface area contributed by atoms with Crippen molar-refractivity contribution in [1.29, 1.82) is 0 Å². The molecule has 2 heterocycles. The average Bonchev–Trinajstić information content (AvgIpc) is 3.53. The zero-order chi connectivity index (χ0) is 30.7. The number of ether oxygens (including phenoxy) is 2. The van der Waals surface area contributed by atoms with Crippen molar-refractivity contribution in [3.8, 4) is 11.5 Å². The van der Waals surface area contributed by atoms with E-state index >= 15 is 0 Å². The summed E-state index contributed by atoms with van der Waals surface area (Å²) in [7, 11) is -4.75. The van der Waals surface area contributed by atoms with Gasteiger partial charge in [0, 0.05) is 30.8 Å². The molecule has 0 saturated carbocycles. The van der Waals surface area contributed by atoms with Gasteiger partial charge in [-0.25, -0.2) is 16.8 Å². The van der Waals surface area contributed by atoms with Gasteiger partial charge in [-0.15, -0.1) is 11.3 Å². The summed E-state index contributed by atoms with van der Waals surface area (Å²) in [5.41, 5.74) is 0.685. The van der Waals surface area contributed by atoms with Gasteiger partial charge >= 0.3 is 0 Å². The summed E-state index contributed by atoms with van der Waals surface area (Å²) in [6, 6.07) is 13.4. The van der Waals surface area contributed by atoms with E-state index in [1.807, 2.05) is 6.92 Å². The number of nitrogens with zero attached hydrogens (tertiary/aromatic N) is 2. The quantitative estimate of drug-likeness (QED) is 0.346. The van der Waals surface area contributed by atoms with Gasteiger partial charge in [-0.1, -0.05) is 13.0 Å². The zero-order valence-electron chi connectivity index (χ0n) is 23.8. The van der Waals surface area contributed by atoms with Crippen molar-refractivity contribution in [2.24, 2.45) is 5.92 Å². The second-order valence-corrected chi connectivity index (χ2v) is 15.1. The molecular formula is C28H35N3O8S3. The molecule has 2 N–H and O–H groups in total. The number of amides is 1. The molecule has 0 unspecified atom stereocenters. The Bertz CT molecular complexity index is 1590. The first-order chi connectivity index (χ1) is 19.8. The predicted octanol–water partition coefficient (Wildman–Crippen LogP) is 3.03. The summed E-state index contributed by atoms with van der Waals surface area (Å²) in [5, 5.41) is 11.5. The molecule has 0 radical (unpaired) electrons. The highest BCUT2D eigenvalue weighted by atomic mass is 32.2. The summed E-state index contributed by atoms with van der Waals surface area (Å²) >= 11 is 1.08. The van der Waals surface area contributed by atoms with Gasteiger partial charge in [0.2, 0.25) is 15.9 Å². The van der Waals surface area contributed by atoms with Crippen LogP contribution < -0.4 is 14.2 Å². The fourth-order valence-corrected chi connectivity index (χ4v) is 7.84. The highest BCUT2D eigenvalue weighted by Gasteiger charge is 2.33. The molecule has 11 nitrogen and oxygen atoms in total. The Balaban J connectivity index is 1.67. The molecular weight excluding hydrogens is 603 g/mol. The highest BCUT2D eigenvalue weighted by molar-refractivity contribution is 7.94. The second-order valence-electron chi connectivity index (χ2n) is 10.2. The molecule has 0 fully saturated rings. The fourth-order valence-electron chi connectivity index (χ4n) is 4.61. The number of hydrogen-bond donors (Lipinski definition) is 2. The number of aliphatic hydroxyl groups excluding tert-OH is 1. The molecule has 1 aliphatic heterocycles. The van der Waals surface area contributed by atoms with Crippen molar-refractivity contribution in [1.82, 2.24) is 9.21 Å². The summed E-state index contributed by atoms with van der Waals surface area (Å²) in [4.78, 5) is 15.1. The number of carbonyl (C=O) groups excluding carboxylic acids is 1. The minimum atomic E-state index is -3.89. The number of benzene rings is 2. The predicted molar refractivity (Wildman–Crippen MR) is 160 cm³/mol. The lowest BCUT2D eigenvalue weighted by Gasteiger charge is -2.33. The van der Waals surface area contributed by atoms with E-state index < -0.39 is 32.2 Å². The van der Waals surface area contributed by atoms with Gasteiger partial charge in [0.05, 0.1) is 37.6 Å². The summed E-state index contributed by atoms with van der Waals surface area (Å²) in [5.74, 6) is 0.264. The highest BCUT2D eigenvalue weighted by Crippen LogP contribution is 2.31. The van der Waals surface area contributed by atoms with Gasteiger partial charge in [-0.3, -0.25) is 9.52 Å². The van der Waals surface area contributed by atoms with E-state index in [0.29, 0.717) is 17.1 Å². The number of nitrogens with one attached hydrogen (secondary N) is 1. The molecule has 4 rings (SSSR count). The molecule has 0 bridgehead atoms. The van der Waals surface area contributed by atoms with Crippen LogP contribution in [0.5, 0.6) is 11.5 Å². The third-order valence-corrected chi connectivity index (χ3v) is 11.7. The van der Waals surface area contributed by atoms with Crippen LogP contribution >= 0.6 is 11.3 Å². The Morgan fingerprint density at radius 1 is 1.17 bits per heavy atom. The maximum atomic E-state index is 13.4. The van der Waals surface area contributed by atoms with Gasteiger partial charge in [-0.05, 0) is 60.8 Å². The number of methoxy groups -OCH3 is 1. The third-order valence-electron chi connectivity index (χ3n) is 7.13. The molecule has 228 valence electrons. The van der Waals surface area contributed by atoms with Crippen molar-refractivity contribution >= 4 is 43.0 Å². The summed E-state index contributed by atoms with van der Waals surface area (Å²) in [6.07, 6.45) is -0.789. The molecule has 3 aromatic rings. The monoisotopic (exact) mass is 637 g/mol. The maximum absolute atomic E-state index is 13.4. The van der Waals surface area contributed by atoms with Crippen LogP contribution in [0.3, 0.4) is 0 Å². The van der Waals surface area contributed by atoms with E-state index in [1.165, 1.54) is 36.7 Å². The maximum Gasteiger partial charge on any atom is 0.271 e. The molecule has 3 atom stereocenters. The number of anilines is 1. The number of fused-ring (bicyclic) bond motifs is 1. The lowest BCUT2D eigenvalue weighted by molar-refractivity contribution is -0.134. The largest absolute Gasteiger partial charge is 0.497 e. The van der Waals surface area contributed by atoms with Crippen LogP contribution in [0, 0.1) is 5.92 Å². The first kappa shape index (κ1) is 31.8. The van der Waals surface area contributed by atoms with Crippen molar-refractivity contribution in [2.45, 2.75) is 41.5 Å². The molecule has 0 saturated heterocycles. The minimum Gasteiger partial charge on any atom is -0.497 e. The van der Waals surface area contributed by atoms with Crippen LogP contribution in [-0.4, -0.2) is 83.1 Å². The van der Waals surface area contributed by atoms with Crippen LogP contribution in [0.1, 0.15) is 19.4 Å². The molecule has 1 amide bonds. The first-order valence-electron chi connectivity index (χ1n) is 13.2. The van der Waals surface area contributed by atoms with Crippen molar-refractivity contribution in [2.75, 3.05) is 38.6 Å². The lowest BCUT2D eigenvalue weighted by Crippen LogP contribution is -2.48. The van der Waals surface area contributed by atoms with Crippen LogP contribution in [0.4, 0.5) is 5.69 Å². The summed E-state index contributed by atoms with van der Waals surface area (Å²) < 4.78 is 67.8. The molecule has 1 aliphatic rings. The third kappa shape index (κ3) is 7.06. The SMILES string of the molecule is COc1ccc(S(=O)(=O)N(C)C[C@H]2Oc3ccc(NS(=O)(=O)c4cccs4)cc3CC(=O)N([C@H](C)CO)C[C@@H]2C)cc1. The second kappa shape index (κ2) is 13.0. The molecule has 42 heavy (non-hydrogen) atoms. The molecule has 14 heteroatoms. The number of carbonyl (C=O) groups is 1. The Labute approximate surface area is 250 Å². The number of rotatable bonds is 10. The number of thiophene rings is 1. The lowest BCUT2D eigenvalue weighted by atomic mass is 10.0. The van der Waals surface area contributed by atoms with E-state index in [2.05, 4.69) is 4.72 Å². The molecule has 2 aromatic carbocycles. The smallest absolute Gasteiger partial charge is 0.271 e. The van der Waals surface area contributed by atoms with Crippen LogP contribution in [0.2, 0.25) is 0 Å². The molecule has 0 spiro atoms. The van der Waals surface area contributed by atoms with Gasteiger partial charge in [0.1, 0.15) is 21.8 Å². The van der Waals surface area contributed by atoms with Crippen LogP contribution in [0.15, 0.2) is 69.1 Å². The number of likely N-dealkylation sites (N-methyl/N-ethyl adjacent to an activating group) is 1. The van der Waals surface area contributed by atoms with Crippen LogP contribution in [0.25, 0.3) is 0 Å². The van der Waals surface area contributed by atoms with Crippen molar-refractivity contribution in [3.05, 3.63) is 65.5 Å². The Kier molecular flexibility index (Phi) is 9.83. The summed E-state index contributed by atoms with van der Waals surface area (Å²) in [6.45, 7) is 3.51. The van der Waals surface area contributed by atoms with Gasteiger partial charge in [0.25, 0.3) is 10.0 Å². The average molecular weight is 638 g/mol. The minimum absolute atomic E-state index is 0.0305. The van der Waals surface area contributed by atoms with Crippen LogP contribution in [-0.2, 0) is 31.3 Å². The van der Waals surface area contributed by atoms with Crippen molar-refractivity contribution in [3.63, 3.8) is 0 Å². The molecule has 0 aliphatic carbocycles. The van der Waals surface area contributed by atoms with E-state index in [9.17, 15) is 26.7 Å². The standard InChI is InChI=1S/C28H35N3O8S3/c1-19-16-31(20(2)18-32)27(33)15-21-14-22(29-41(34,35)28-6-5-13-40-28)7-12-25(21)39-26(19)17-30(3)42(36,37)24-10-8-23(38-4)9-11-24/h5-14,19-20,26,29,32H,15-18H2,1-4H3/t19-,20+,26+/m0/s1. The van der Waals surface area contributed by atoms with E-state index in [-0.39, 0.29) is 52.7 Å². The van der Waals surface area contributed by atoms with Crippen molar-refractivity contribution < 1.29 is 36.2 Å². The Morgan fingerprint density at radius 3 is 2.50 bits per heavy atom. The van der Waals surface area contributed by atoms with Gasteiger partial charge < -0.3 is 19.5 Å². The molecule has 1 aromatic heterocycles. The topological polar surface area (TPSA) is 143 Å². The van der Waals surface area contributed by atoms with E-state index in [1.54, 1.807) is 53.6 Å². The fraction of sp³-hybridized carbons (Fsp3) is 0.393. The number of hydrogen-bond acceptors (Lipinski definition) is 9. The number of aliphatic hydroxyl groups is 1. The normalized spacial score (nSPS) is 18.8.